The number of hydrogen-bond donors (Lipinski definition) is 3. The Balaban J connectivity index is 1.28. The smallest absolute Gasteiger partial charge is 0.319 e. The van der Waals surface area contributed by atoms with Gasteiger partial charge in [0.2, 0.25) is 5.91 Å². The lowest BCUT2D eigenvalue weighted by molar-refractivity contribution is -0.122. The van der Waals surface area contributed by atoms with E-state index in [4.69, 9.17) is 0 Å². The standard InChI is InChI=1S/C19H26N4O2/c24-18(14-6-7-14)20-9-10-21-19(25)22-16-3-1-2-4-17(16)23-12-13-5-8-15(23)11-13/h1-4,13-15H,5-12H2,(H,20,24)(H2,21,22,25). The first kappa shape index (κ1) is 16.2. The fourth-order valence-electron chi connectivity index (χ4n) is 4.07. The van der Waals surface area contributed by atoms with E-state index in [2.05, 4.69) is 26.9 Å². The highest BCUT2D eigenvalue weighted by Gasteiger charge is 2.38. The van der Waals surface area contributed by atoms with E-state index < -0.39 is 0 Å². The van der Waals surface area contributed by atoms with Crippen molar-refractivity contribution in [1.29, 1.82) is 0 Å². The second-order valence-corrected chi connectivity index (χ2v) is 7.45. The molecule has 134 valence electrons. The highest BCUT2D eigenvalue weighted by atomic mass is 16.2. The Morgan fingerprint density at radius 1 is 1.04 bits per heavy atom. The lowest BCUT2D eigenvalue weighted by Crippen LogP contribution is -2.38. The van der Waals surface area contributed by atoms with Crippen molar-refractivity contribution < 1.29 is 9.59 Å². The van der Waals surface area contributed by atoms with E-state index in [0.717, 1.165) is 36.7 Å². The van der Waals surface area contributed by atoms with Crippen molar-refractivity contribution in [2.45, 2.75) is 38.1 Å². The van der Waals surface area contributed by atoms with Gasteiger partial charge in [-0.25, -0.2) is 4.79 Å². The zero-order valence-electron chi connectivity index (χ0n) is 14.5. The van der Waals surface area contributed by atoms with Crippen LogP contribution < -0.4 is 20.9 Å². The van der Waals surface area contributed by atoms with Gasteiger partial charge in [-0.05, 0) is 50.2 Å². The molecule has 1 aliphatic heterocycles. The summed E-state index contributed by atoms with van der Waals surface area (Å²) in [6, 6.07) is 8.41. The van der Waals surface area contributed by atoms with Crippen LogP contribution in [0.1, 0.15) is 32.1 Å². The fourth-order valence-corrected chi connectivity index (χ4v) is 4.07. The first-order valence-corrected chi connectivity index (χ1v) is 9.39. The van der Waals surface area contributed by atoms with Crippen LogP contribution in [0.4, 0.5) is 16.2 Å². The van der Waals surface area contributed by atoms with E-state index >= 15 is 0 Å². The summed E-state index contributed by atoms with van der Waals surface area (Å²) in [5.41, 5.74) is 1.97. The lowest BCUT2D eigenvalue weighted by Gasteiger charge is -2.31. The molecule has 1 aromatic rings. The predicted molar refractivity (Wildman–Crippen MR) is 97.7 cm³/mol. The second kappa shape index (κ2) is 6.94. The number of carbonyl (C=O) groups is 2. The fraction of sp³-hybridized carbons (Fsp3) is 0.579. The van der Waals surface area contributed by atoms with Gasteiger partial charge >= 0.3 is 6.03 Å². The molecule has 2 saturated carbocycles. The zero-order valence-corrected chi connectivity index (χ0v) is 14.5. The molecule has 1 heterocycles. The number of anilines is 2. The van der Waals surface area contributed by atoms with Crippen LogP contribution in [-0.2, 0) is 4.79 Å². The van der Waals surface area contributed by atoms with Crippen molar-refractivity contribution in [2.75, 3.05) is 29.9 Å². The molecule has 2 unspecified atom stereocenters. The highest BCUT2D eigenvalue weighted by molar-refractivity contribution is 5.93. The Morgan fingerprint density at radius 3 is 2.56 bits per heavy atom. The Labute approximate surface area is 148 Å². The van der Waals surface area contributed by atoms with E-state index in [1.807, 2.05) is 18.2 Å². The molecule has 0 radical (unpaired) electrons. The first-order chi connectivity index (χ1) is 12.2. The van der Waals surface area contributed by atoms with Gasteiger partial charge in [0.1, 0.15) is 0 Å². The van der Waals surface area contributed by atoms with Gasteiger partial charge < -0.3 is 20.9 Å². The first-order valence-electron chi connectivity index (χ1n) is 9.39. The normalized spacial score (nSPS) is 24.2. The molecule has 3 N–H and O–H groups in total. The third-order valence-electron chi connectivity index (χ3n) is 5.53. The number of amides is 3. The maximum absolute atomic E-state index is 12.2. The SMILES string of the molecule is O=C(NCCNC(=O)C1CC1)Nc1ccccc1N1CC2CCC1C2. The van der Waals surface area contributed by atoms with E-state index in [1.54, 1.807) is 0 Å². The van der Waals surface area contributed by atoms with E-state index in [-0.39, 0.29) is 17.9 Å². The number of rotatable bonds is 6. The molecule has 3 amide bonds. The third-order valence-corrected chi connectivity index (χ3v) is 5.53. The molecule has 0 aromatic heterocycles. The molecule has 0 spiro atoms. The van der Waals surface area contributed by atoms with Crippen LogP contribution in [0, 0.1) is 11.8 Å². The Morgan fingerprint density at radius 2 is 1.84 bits per heavy atom. The zero-order chi connectivity index (χ0) is 17.2. The van der Waals surface area contributed by atoms with Gasteiger partial charge in [0.25, 0.3) is 0 Å². The van der Waals surface area contributed by atoms with Crippen molar-refractivity contribution >= 4 is 23.3 Å². The van der Waals surface area contributed by atoms with Gasteiger partial charge in [-0.3, -0.25) is 4.79 Å². The van der Waals surface area contributed by atoms with Crippen LogP contribution in [-0.4, -0.2) is 37.6 Å². The number of benzene rings is 1. The van der Waals surface area contributed by atoms with Gasteiger partial charge in [0.15, 0.2) is 0 Å². The third kappa shape index (κ3) is 3.72. The number of nitrogens with zero attached hydrogens (tertiary/aromatic N) is 1. The molecule has 4 rings (SSSR count). The summed E-state index contributed by atoms with van der Waals surface area (Å²) in [4.78, 5) is 26.2. The maximum Gasteiger partial charge on any atom is 0.319 e. The minimum atomic E-state index is -0.225. The van der Waals surface area contributed by atoms with E-state index in [9.17, 15) is 9.59 Å². The van der Waals surface area contributed by atoms with Crippen molar-refractivity contribution in [3.05, 3.63) is 24.3 Å². The molecule has 1 aromatic carbocycles. The molecule has 25 heavy (non-hydrogen) atoms. The Bertz CT molecular complexity index is 659. The van der Waals surface area contributed by atoms with Crippen LogP contribution in [0.3, 0.4) is 0 Å². The molecule has 1 saturated heterocycles. The average molecular weight is 342 g/mol. The molecular formula is C19H26N4O2. The molecule has 2 atom stereocenters. The van der Waals surface area contributed by atoms with Crippen LogP contribution in [0.5, 0.6) is 0 Å². The summed E-state index contributed by atoms with van der Waals surface area (Å²) in [6.07, 6.45) is 5.86. The van der Waals surface area contributed by atoms with Crippen molar-refractivity contribution in [2.24, 2.45) is 11.8 Å². The molecule has 3 fully saturated rings. The second-order valence-electron chi connectivity index (χ2n) is 7.45. The largest absolute Gasteiger partial charge is 0.367 e. The van der Waals surface area contributed by atoms with Crippen LogP contribution in [0.2, 0.25) is 0 Å². The minimum Gasteiger partial charge on any atom is -0.367 e. The number of carbonyl (C=O) groups excluding carboxylic acids is 2. The average Bonchev–Trinajstić information content (AvgIpc) is 3.26. The van der Waals surface area contributed by atoms with Gasteiger partial charge in [-0.15, -0.1) is 0 Å². The van der Waals surface area contributed by atoms with Crippen LogP contribution in [0.25, 0.3) is 0 Å². The molecule has 2 bridgehead atoms. The number of nitrogens with one attached hydrogen (secondary N) is 3. The van der Waals surface area contributed by atoms with Crippen molar-refractivity contribution in [3.8, 4) is 0 Å². The number of hydrogen-bond acceptors (Lipinski definition) is 3. The topological polar surface area (TPSA) is 73.5 Å². The number of para-hydroxylation sites is 2. The molecule has 6 nitrogen and oxygen atoms in total. The highest BCUT2D eigenvalue weighted by Crippen LogP contribution is 2.42. The lowest BCUT2D eigenvalue weighted by atomic mass is 10.1. The quantitative estimate of drug-likeness (QED) is 0.695. The summed E-state index contributed by atoms with van der Waals surface area (Å²) in [7, 11) is 0. The van der Waals surface area contributed by atoms with Gasteiger partial charge in [0, 0.05) is 31.6 Å². The molecule has 3 aliphatic rings. The number of piperidine rings is 1. The van der Waals surface area contributed by atoms with Crippen LogP contribution in [0.15, 0.2) is 24.3 Å². The van der Waals surface area contributed by atoms with Crippen LogP contribution >= 0.6 is 0 Å². The van der Waals surface area contributed by atoms with Gasteiger partial charge in [-0.2, -0.15) is 0 Å². The summed E-state index contributed by atoms with van der Waals surface area (Å²) >= 11 is 0. The number of fused-ring (bicyclic) bond motifs is 2. The van der Waals surface area contributed by atoms with Gasteiger partial charge in [-0.1, -0.05) is 12.1 Å². The van der Waals surface area contributed by atoms with Crippen molar-refractivity contribution in [1.82, 2.24) is 10.6 Å². The predicted octanol–water partition coefficient (Wildman–Crippen LogP) is 2.32. The Hall–Kier alpha value is -2.24. The molecule has 2 aliphatic carbocycles. The Kier molecular flexibility index (Phi) is 4.51. The number of urea groups is 1. The summed E-state index contributed by atoms with van der Waals surface area (Å²) in [5.74, 6) is 1.12. The summed E-state index contributed by atoms with van der Waals surface area (Å²) in [6.45, 7) is 2.00. The maximum atomic E-state index is 12.2. The van der Waals surface area contributed by atoms with Crippen molar-refractivity contribution in [3.63, 3.8) is 0 Å². The van der Waals surface area contributed by atoms with E-state index in [1.165, 1.54) is 19.3 Å². The molecular weight excluding hydrogens is 316 g/mol. The monoisotopic (exact) mass is 342 g/mol. The van der Waals surface area contributed by atoms with E-state index in [0.29, 0.717) is 19.1 Å². The molecule has 6 heteroatoms. The van der Waals surface area contributed by atoms with Gasteiger partial charge in [0.05, 0.1) is 11.4 Å². The minimum absolute atomic E-state index is 0.108. The summed E-state index contributed by atoms with van der Waals surface area (Å²) < 4.78 is 0. The summed E-state index contributed by atoms with van der Waals surface area (Å²) in [5, 5.41) is 8.63.